The summed E-state index contributed by atoms with van der Waals surface area (Å²) in [4.78, 5) is 12.5. The molecule has 0 aliphatic rings. The molecule has 2 aromatic heterocycles. The number of carbonyl (C=O) groups excluding carboxylic acids is 1. The van der Waals surface area contributed by atoms with Crippen LogP contribution in [0.2, 0.25) is 0 Å². The summed E-state index contributed by atoms with van der Waals surface area (Å²) >= 11 is 1.23. The summed E-state index contributed by atoms with van der Waals surface area (Å²) in [5.74, 6) is -0.257. The molecule has 138 valence electrons. The SMILES string of the molecule is Cc1c(C#N)c(NC(=O)CSc2nncn2C)n(-c2cccc(F)c2)c1C. The lowest BCUT2D eigenvalue weighted by atomic mass is 10.2. The molecular formula is C18H17FN6OS. The molecule has 0 aliphatic heterocycles. The molecule has 1 aromatic carbocycles. The van der Waals surface area contributed by atoms with Crippen LogP contribution in [0.3, 0.4) is 0 Å². The second-order valence-electron chi connectivity index (χ2n) is 5.92. The first-order chi connectivity index (χ1) is 12.9. The van der Waals surface area contributed by atoms with E-state index >= 15 is 0 Å². The van der Waals surface area contributed by atoms with Gasteiger partial charge in [0.25, 0.3) is 0 Å². The minimum atomic E-state index is -0.396. The molecule has 7 nitrogen and oxygen atoms in total. The highest BCUT2D eigenvalue weighted by Crippen LogP contribution is 2.30. The number of amides is 1. The molecule has 0 saturated carbocycles. The van der Waals surface area contributed by atoms with E-state index in [0.717, 1.165) is 11.3 Å². The van der Waals surface area contributed by atoms with Gasteiger partial charge >= 0.3 is 0 Å². The zero-order valence-corrected chi connectivity index (χ0v) is 15.8. The van der Waals surface area contributed by atoms with E-state index in [2.05, 4.69) is 21.6 Å². The standard InChI is InChI=1S/C18H17FN6OS/c1-11-12(2)25(14-6-4-5-13(19)7-14)17(15(11)8-20)22-16(26)9-27-18-23-21-10-24(18)3/h4-7,10H,9H2,1-3H3,(H,22,26). The number of nitrogens with one attached hydrogen (secondary N) is 1. The monoisotopic (exact) mass is 384 g/mol. The normalized spacial score (nSPS) is 10.6. The Hall–Kier alpha value is -3.12. The summed E-state index contributed by atoms with van der Waals surface area (Å²) in [6.07, 6.45) is 1.55. The number of hydrogen-bond acceptors (Lipinski definition) is 5. The molecule has 0 unspecified atom stereocenters. The zero-order valence-electron chi connectivity index (χ0n) is 15.0. The van der Waals surface area contributed by atoms with E-state index in [4.69, 9.17) is 0 Å². The fraction of sp³-hybridized carbons (Fsp3) is 0.222. The molecule has 0 aliphatic carbocycles. The lowest BCUT2D eigenvalue weighted by Crippen LogP contribution is -2.18. The number of aryl methyl sites for hydroxylation is 1. The predicted octanol–water partition coefficient (Wildman–Crippen LogP) is 2.96. The number of benzene rings is 1. The number of nitriles is 1. The number of carbonyl (C=O) groups is 1. The van der Waals surface area contributed by atoms with Crippen LogP contribution < -0.4 is 5.32 Å². The van der Waals surface area contributed by atoms with Crippen LogP contribution in [0.1, 0.15) is 16.8 Å². The van der Waals surface area contributed by atoms with Crippen molar-refractivity contribution in [2.75, 3.05) is 11.1 Å². The summed E-state index contributed by atoms with van der Waals surface area (Å²) in [6, 6.07) is 8.14. The van der Waals surface area contributed by atoms with Crippen LogP contribution in [0.5, 0.6) is 0 Å². The molecule has 0 saturated heterocycles. The Kier molecular flexibility index (Phi) is 5.28. The van der Waals surface area contributed by atoms with E-state index < -0.39 is 5.82 Å². The smallest absolute Gasteiger partial charge is 0.236 e. The van der Waals surface area contributed by atoms with Gasteiger partial charge in [0.1, 0.15) is 24.0 Å². The first-order valence-electron chi connectivity index (χ1n) is 8.07. The van der Waals surface area contributed by atoms with Crippen LogP contribution in [0.25, 0.3) is 5.69 Å². The number of aromatic nitrogens is 4. The third kappa shape index (κ3) is 3.71. The average molecular weight is 384 g/mol. The summed E-state index contributed by atoms with van der Waals surface area (Å²) in [6.45, 7) is 3.62. The van der Waals surface area contributed by atoms with Crippen molar-refractivity contribution < 1.29 is 9.18 Å². The molecule has 2 heterocycles. The highest BCUT2D eigenvalue weighted by molar-refractivity contribution is 7.99. The molecule has 1 N–H and O–H groups in total. The van der Waals surface area contributed by atoms with Gasteiger partial charge in [-0.15, -0.1) is 10.2 Å². The second-order valence-corrected chi connectivity index (χ2v) is 6.86. The Morgan fingerprint density at radius 3 is 2.81 bits per heavy atom. The zero-order chi connectivity index (χ0) is 19.6. The Morgan fingerprint density at radius 1 is 1.41 bits per heavy atom. The molecular weight excluding hydrogens is 367 g/mol. The maximum absolute atomic E-state index is 13.7. The quantitative estimate of drug-likeness (QED) is 0.683. The fourth-order valence-electron chi connectivity index (χ4n) is 2.70. The van der Waals surface area contributed by atoms with E-state index in [1.807, 2.05) is 6.92 Å². The number of thioether (sulfide) groups is 1. The van der Waals surface area contributed by atoms with Crippen LogP contribution in [-0.2, 0) is 11.8 Å². The van der Waals surface area contributed by atoms with E-state index in [1.165, 1.54) is 23.9 Å². The minimum absolute atomic E-state index is 0.101. The molecule has 27 heavy (non-hydrogen) atoms. The van der Waals surface area contributed by atoms with Gasteiger partial charge in [-0.1, -0.05) is 17.8 Å². The molecule has 1 amide bonds. The molecule has 0 radical (unpaired) electrons. The molecule has 0 spiro atoms. The van der Waals surface area contributed by atoms with Gasteiger partial charge in [-0.3, -0.25) is 9.36 Å². The molecule has 0 bridgehead atoms. The molecule has 3 rings (SSSR count). The van der Waals surface area contributed by atoms with Crippen molar-refractivity contribution in [3.05, 3.63) is 53.2 Å². The Labute approximate surface area is 159 Å². The summed E-state index contributed by atoms with van der Waals surface area (Å²) in [5.41, 5.74) is 2.38. The van der Waals surface area contributed by atoms with Gasteiger partial charge in [-0.25, -0.2) is 4.39 Å². The summed E-state index contributed by atoms with van der Waals surface area (Å²) < 4.78 is 17.1. The fourth-order valence-corrected chi connectivity index (χ4v) is 3.39. The van der Waals surface area contributed by atoms with Gasteiger partial charge in [0.2, 0.25) is 5.91 Å². The van der Waals surface area contributed by atoms with Crippen molar-refractivity contribution in [2.45, 2.75) is 19.0 Å². The Bertz CT molecular complexity index is 1050. The first kappa shape index (κ1) is 18.7. The number of hydrogen-bond donors (Lipinski definition) is 1. The van der Waals surface area contributed by atoms with Crippen molar-refractivity contribution in [1.29, 1.82) is 5.26 Å². The molecule has 9 heteroatoms. The third-order valence-corrected chi connectivity index (χ3v) is 5.19. The lowest BCUT2D eigenvalue weighted by molar-refractivity contribution is -0.113. The largest absolute Gasteiger partial charge is 0.312 e. The van der Waals surface area contributed by atoms with Crippen molar-refractivity contribution >= 4 is 23.5 Å². The number of anilines is 1. The van der Waals surface area contributed by atoms with Crippen molar-refractivity contribution in [1.82, 2.24) is 19.3 Å². The van der Waals surface area contributed by atoms with E-state index in [9.17, 15) is 14.4 Å². The molecule has 0 atom stereocenters. The third-order valence-electron chi connectivity index (χ3n) is 4.15. The number of halogens is 1. The van der Waals surface area contributed by atoms with Crippen molar-refractivity contribution in [3.63, 3.8) is 0 Å². The molecule has 0 fully saturated rings. The van der Waals surface area contributed by atoms with Crippen LogP contribution >= 0.6 is 11.8 Å². The van der Waals surface area contributed by atoms with E-state index in [0.29, 0.717) is 22.2 Å². The van der Waals surface area contributed by atoms with Crippen molar-refractivity contribution in [3.8, 4) is 11.8 Å². The number of rotatable bonds is 5. The van der Waals surface area contributed by atoms with E-state index in [1.54, 1.807) is 41.6 Å². The maximum Gasteiger partial charge on any atom is 0.236 e. The minimum Gasteiger partial charge on any atom is -0.312 e. The first-order valence-corrected chi connectivity index (χ1v) is 9.05. The lowest BCUT2D eigenvalue weighted by Gasteiger charge is -2.13. The Morgan fingerprint density at radius 2 is 2.19 bits per heavy atom. The topological polar surface area (TPSA) is 88.5 Å². The van der Waals surface area contributed by atoms with Gasteiger partial charge in [0, 0.05) is 12.7 Å². The van der Waals surface area contributed by atoms with Crippen molar-refractivity contribution in [2.24, 2.45) is 7.05 Å². The van der Waals surface area contributed by atoms with Gasteiger partial charge in [-0.2, -0.15) is 5.26 Å². The van der Waals surface area contributed by atoms with Gasteiger partial charge in [-0.05, 0) is 37.6 Å². The van der Waals surface area contributed by atoms with Gasteiger partial charge in [0.15, 0.2) is 5.16 Å². The van der Waals surface area contributed by atoms with Gasteiger partial charge in [0.05, 0.1) is 17.0 Å². The Balaban J connectivity index is 1.92. The predicted molar refractivity (Wildman–Crippen MR) is 100 cm³/mol. The summed E-state index contributed by atoms with van der Waals surface area (Å²) in [5, 5.41) is 20.6. The average Bonchev–Trinajstić information content (AvgIpc) is 3.14. The molecule has 3 aromatic rings. The highest BCUT2D eigenvalue weighted by atomic mass is 32.2. The van der Waals surface area contributed by atoms with Crippen LogP contribution in [0.15, 0.2) is 35.7 Å². The van der Waals surface area contributed by atoms with Crippen LogP contribution in [0.4, 0.5) is 10.2 Å². The number of nitrogens with zero attached hydrogens (tertiary/aromatic N) is 5. The second kappa shape index (κ2) is 7.63. The van der Waals surface area contributed by atoms with Crippen LogP contribution in [-0.4, -0.2) is 31.0 Å². The van der Waals surface area contributed by atoms with Gasteiger partial charge < -0.3 is 9.88 Å². The maximum atomic E-state index is 13.7. The highest BCUT2D eigenvalue weighted by Gasteiger charge is 2.21. The van der Waals surface area contributed by atoms with Crippen LogP contribution in [0, 0.1) is 31.0 Å². The summed E-state index contributed by atoms with van der Waals surface area (Å²) in [7, 11) is 1.79. The van der Waals surface area contributed by atoms with E-state index in [-0.39, 0.29) is 11.7 Å².